The van der Waals surface area contributed by atoms with E-state index in [0.29, 0.717) is 12.8 Å². The molecule has 0 aromatic heterocycles. The Morgan fingerprint density at radius 2 is 2.07 bits per heavy atom. The van der Waals surface area contributed by atoms with Crippen molar-refractivity contribution >= 4 is 0 Å². The Morgan fingerprint density at radius 3 is 2.64 bits per heavy atom. The zero-order chi connectivity index (χ0) is 10.6. The lowest BCUT2D eigenvalue weighted by atomic mass is 10.0. The lowest BCUT2D eigenvalue weighted by Crippen LogP contribution is -2.08. The van der Waals surface area contributed by atoms with Crippen molar-refractivity contribution in [2.24, 2.45) is 0 Å². The Kier molecular flexibility index (Phi) is 3.90. The fourth-order valence-corrected chi connectivity index (χ4v) is 1.48. The minimum atomic E-state index is -0.297. The molecule has 0 saturated heterocycles. The Hall–Kier alpha value is -1.08. The Balaban J connectivity index is 2.67. The second-order valence-electron chi connectivity index (χ2n) is 3.80. The van der Waals surface area contributed by atoms with E-state index < -0.39 is 0 Å². The molecule has 1 rings (SSSR count). The van der Waals surface area contributed by atoms with Crippen LogP contribution in [0.15, 0.2) is 30.9 Å². The minimum Gasteiger partial charge on any atom is -0.392 e. The van der Waals surface area contributed by atoms with Gasteiger partial charge in [-0.1, -0.05) is 24.3 Å². The van der Waals surface area contributed by atoms with Crippen LogP contribution in [0.3, 0.4) is 0 Å². The molecule has 0 heterocycles. The molecule has 0 aliphatic rings. The van der Waals surface area contributed by atoms with E-state index >= 15 is 0 Å². The van der Waals surface area contributed by atoms with Gasteiger partial charge in [-0.15, -0.1) is 6.58 Å². The third-order valence-corrected chi connectivity index (χ3v) is 2.48. The molecule has 1 N–H and O–H groups in total. The highest BCUT2D eigenvalue weighted by Gasteiger charge is 2.03. The van der Waals surface area contributed by atoms with Crippen LogP contribution in [0.5, 0.6) is 0 Å². The van der Waals surface area contributed by atoms with Gasteiger partial charge in [0.2, 0.25) is 0 Å². The van der Waals surface area contributed by atoms with Gasteiger partial charge in [-0.3, -0.25) is 0 Å². The summed E-state index contributed by atoms with van der Waals surface area (Å²) >= 11 is 0. The maximum absolute atomic E-state index is 9.59. The number of hydrogen-bond acceptors (Lipinski definition) is 1. The minimum absolute atomic E-state index is 0.297. The van der Waals surface area contributed by atoms with Crippen molar-refractivity contribution in [1.82, 2.24) is 0 Å². The van der Waals surface area contributed by atoms with Crippen molar-refractivity contribution in [1.29, 1.82) is 0 Å². The summed E-state index contributed by atoms with van der Waals surface area (Å²) in [5.41, 5.74) is 3.78. The number of hydrogen-bond donors (Lipinski definition) is 1. The van der Waals surface area contributed by atoms with Crippen molar-refractivity contribution in [3.05, 3.63) is 47.5 Å². The quantitative estimate of drug-likeness (QED) is 0.724. The molecule has 14 heavy (non-hydrogen) atoms. The van der Waals surface area contributed by atoms with Gasteiger partial charge in [-0.2, -0.15) is 0 Å². The highest BCUT2D eigenvalue weighted by Crippen LogP contribution is 2.12. The SMILES string of the molecule is C=CCC(O)Cc1ccc(C)c(C)c1. The van der Waals surface area contributed by atoms with Crippen molar-refractivity contribution in [3.8, 4) is 0 Å². The standard InChI is InChI=1S/C13H18O/c1-4-5-13(14)9-12-7-6-10(2)11(3)8-12/h4,6-8,13-14H,1,5,9H2,2-3H3. The second-order valence-corrected chi connectivity index (χ2v) is 3.80. The first kappa shape index (κ1) is 11.0. The summed E-state index contributed by atoms with van der Waals surface area (Å²) in [6.07, 6.45) is 2.83. The van der Waals surface area contributed by atoms with Gasteiger partial charge in [0.25, 0.3) is 0 Å². The molecule has 0 amide bonds. The maximum atomic E-state index is 9.59. The first-order valence-corrected chi connectivity index (χ1v) is 4.98. The average Bonchev–Trinajstić information content (AvgIpc) is 2.12. The van der Waals surface area contributed by atoms with Gasteiger partial charge in [-0.25, -0.2) is 0 Å². The van der Waals surface area contributed by atoms with Crippen LogP contribution < -0.4 is 0 Å². The second kappa shape index (κ2) is 4.97. The third-order valence-electron chi connectivity index (χ3n) is 2.48. The van der Waals surface area contributed by atoms with Gasteiger partial charge < -0.3 is 5.11 Å². The monoisotopic (exact) mass is 190 g/mol. The highest BCUT2D eigenvalue weighted by atomic mass is 16.3. The number of aryl methyl sites for hydroxylation is 2. The van der Waals surface area contributed by atoms with Gasteiger partial charge in [0.15, 0.2) is 0 Å². The first-order valence-electron chi connectivity index (χ1n) is 4.98. The molecule has 1 unspecified atom stereocenters. The largest absolute Gasteiger partial charge is 0.392 e. The van der Waals surface area contributed by atoms with E-state index in [1.807, 2.05) is 0 Å². The fraction of sp³-hybridized carbons (Fsp3) is 0.385. The van der Waals surface area contributed by atoms with Gasteiger partial charge in [0.05, 0.1) is 6.10 Å². The van der Waals surface area contributed by atoms with Crippen LogP contribution in [0.25, 0.3) is 0 Å². The van der Waals surface area contributed by atoms with Crippen molar-refractivity contribution in [2.75, 3.05) is 0 Å². The summed E-state index contributed by atoms with van der Waals surface area (Å²) in [4.78, 5) is 0. The van der Waals surface area contributed by atoms with E-state index in [2.05, 4.69) is 38.6 Å². The predicted octanol–water partition coefficient (Wildman–Crippen LogP) is 2.78. The summed E-state index contributed by atoms with van der Waals surface area (Å²) in [6.45, 7) is 7.81. The van der Waals surface area contributed by atoms with Crippen LogP contribution >= 0.6 is 0 Å². The summed E-state index contributed by atoms with van der Waals surface area (Å²) in [5, 5.41) is 9.59. The molecule has 1 nitrogen and oxygen atoms in total. The van der Waals surface area contributed by atoms with Crippen molar-refractivity contribution in [3.63, 3.8) is 0 Å². The lowest BCUT2D eigenvalue weighted by Gasteiger charge is -2.09. The van der Waals surface area contributed by atoms with Crippen molar-refractivity contribution in [2.45, 2.75) is 32.8 Å². The molecular formula is C13H18O. The highest BCUT2D eigenvalue weighted by molar-refractivity contribution is 5.30. The maximum Gasteiger partial charge on any atom is 0.0614 e. The molecule has 0 aliphatic heterocycles. The molecule has 0 fully saturated rings. The number of rotatable bonds is 4. The molecule has 0 aliphatic carbocycles. The summed E-state index contributed by atoms with van der Waals surface area (Å²) in [6, 6.07) is 6.32. The summed E-state index contributed by atoms with van der Waals surface area (Å²) < 4.78 is 0. The zero-order valence-electron chi connectivity index (χ0n) is 8.96. The van der Waals surface area contributed by atoms with E-state index in [4.69, 9.17) is 0 Å². The molecule has 1 aromatic rings. The van der Waals surface area contributed by atoms with E-state index in [1.54, 1.807) is 6.08 Å². The lowest BCUT2D eigenvalue weighted by molar-refractivity contribution is 0.178. The van der Waals surface area contributed by atoms with Gasteiger partial charge in [0.1, 0.15) is 0 Å². The predicted molar refractivity (Wildman–Crippen MR) is 60.4 cm³/mol. The molecule has 0 bridgehead atoms. The van der Waals surface area contributed by atoms with Crippen LogP contribution in [-0.4, -0.2) is 11.2 Å². The number of aliphatic hydroxyl groups is 1. The molecule has 0 spiro atoms. The Morgan fingerprint density at radius 1 is 1.36 bits per heavy atom. The topological polar surface area (TPSA) is 20.2 Å². The van der Waals surface area contributed by atoms with Gasteiger partial charge in [-0.05, 0) is 43.4 Å². The number of aliphatic hydroxyl groups excluding tert-OH is 1. The van der Waals surface area contributed by atoms with Crippen LogP contribution in [0.4, 0.5) is 0 Å². The van der Waals surface area contributed by atoms with Gasteiger partial charge in [0, 0.05) is 0 Å². The van der Waals surface area contributed by atoms with Crippen LogP contribution in [0, 0.1) is 13.8 Å². The summed E-state index contributed by atoms with van der Waals surface area (Å²) in [5.74, 6) is 0. The first-order chi connectivity index (χ1) is 6.63. The smallest absolute Gasteiger partial charge is 0.0614 e. The average molecular weight is 190 g/mol. The Labute approximate surface area is 86.1 Å². The van der Waals surface area contributed by atoms with E-state index in [9.17, 15) is 5.11 Å². The van der Waals surface area contributed by atoms with Gasteiger partial charge >= 0.3 is 0 Å². The normalized spacial score (nSPS) is 12.5. The van der Waals surface area contributed by atoms with E-state index in [0.717, 1.165) is 0 Å². The fourth-order valence-electron chi connectivity index (χ4n) is 1.48. The number of benzene rings is 1. The Bertz CT molecular complexity index is 315. The van der Waals surface area contributed by atoms with E-state index in [-0.39, 0.29) is 6.10 Å². The van der Waals surface area contributed by atoms with Crippen LogP contribution in [0.2, 0.25) is 0 Å². The van der Waals surface area contributed by atoms with Crippen LogP contribution in [0.1, 0.15) is 23.1 Å². The molecule has 0 radical (unpaired) electrons. The molecule has 1 heteroatoms. The molecule has 1 aromatic carbocycles. The molecule has 1 atom stereocenters. The summed E-state index contributed by atoms with van der Waals surface area (Å²) in [7, 11) is 0. The zero-order valence-corrected chi connectivity index (χ0v) is 8.96. The van der Waals surface area contributed by atoms with Crippen molar-refractivity contribution < 1.29 is 5.11 Å². The van der Waals surface area contributed by atoms with Crippen LogP contribution in [-0.2, 0) is 6.42 Å². The molecule has 0 saturated carbocycles. The molecule has 76 valence electrons. The molecular weight excluding hydrogens is 172 g/mol. The third kappa shape index (κ3) is 3.00. The van der Waals surface area contributed by atoms with E-state index in [1.165, 1.54) is 16.7 Å².